The second kappa shape index (κ2) is 12.8. The Balaban J connectivity index is 1.19. The van der Waals surface area contributed by atoms with Crippen LogP contribution in [-0.2, 0) is 31.1 Å². The molecule has 54 heavy (non-hydrogen) atoms. The number of quaternary nitrogens is 1. The normalized spacial score (nSPS) is 24.8. The summed E-state index contributed by atoms with van der Waals surface area (Å²) in [7, 11) is -8.46. The van der Waals surface area contributed by atoms with E-state index in [2.05, 4.69) is 80.8 Å². The minimum absolute atomic E-state index is 0.0833. The van der Waals surface area contributed by atoms with Gasteiger partial charge in [-0.25, -0.2) is 4.48 Å². The van der Waals surface area contributed by atoms with Crippen molar-refractivity contribution in [2.75, 3.05) is 18.8 Å². The van der Waals surface area contributed by atoms with E-state index in [1.165, 1.54) is 5.56 Å². The zero-order chi connectivity index (χ0) is 38.4. The Morgan fingerprint density at radius 1 is 0.815 bits per heavy atom. The minimum atomic E-state index is -4.35. The van der Waals surface area contributed by atoms with Crippen LogP contribution in [0.5, 0.6) is 0 Å². The maximum absolute atomic E-state index is 12.9. The second-order valence-corrected chi connectivity index (χ2v) is 19.6. The van der Waals surface area contributed by atoms with E-state index < -0.39 is 36.4 Å². The van der Waals surface area contributed by atoms with E-state index in [1.807, 2.05) is 48.6 Å². The smallest absolute Gasteiger partial charge is 0.286 e. The van der Waals surface area contributed by atoms with Gasteiger partial charge in [0.05, 0.1) is 29.5 Å². The Kier molecular flexibility index (Phi) is 8.80. The lowest BCUT2D eigenvalue weighted by Gasteiger charge is -2.49. The molecule has 1 aliphatic carbocycles. The van der Waals surface area contributed by atoms with Gasteiger partial charge in [-0.3, -0.25) is 9.11 Å². The zero-order valence-electron chi connectivity index (χ0n) is 30.9. The number of benzene rings is 4. The summed E-state index contributed by atoms with van der Waals surface area (Å²) in [6, 6.07) is 24.7. The van der Waals surface area contributed by atoms with Gasteiger partial charge in [0.2, 0.25) is 11.1 Å². The Bertz CT molecular complexity index is 2670. The molecule has 2 atom stereocenters. The van der Waals surface area contributed by atoms with Crippen molar-refractivity contribution in [3.63, 3.8) is 0 Å². The predicted molar refractivity (Wildman–Crippen MR) is 219 cm³/mol. The highest BCUT2D eigenvalue weighted by atomic mass is 35.5. The van der Waals surface area contributed by atoms with Gasteiger partial charge in [-0.15, -0.1) is 0 Å². The molecule has 0 radical (unpaired) electrons. The summed E-state index contributed by atoms with van der Waals surface area (Å²) in [5.41, 5.74) is 7.11. The average Bonchev–Trinajstić information content (AvgIpc) is 3.63. The molecule has 3 heterocycles. The maximum atomic E-state index is 12.9. The molecule has 0 aromatic heterocycles. The highest BCUT2D eigenvalue weighted by molar-refractivity contribution is 7.86. The lowest BCUT2D eigenvalue weighted by molar-refractivity contribution is -0.437. The maximum Gasteiger partial charge on any atom is 0.320 e. The van der Waals surface area contributed by atoms with Crippen molar-refractivity contribution in [2.24, 2.45) is 0 Å². The Labute approximate surface area is 322 Å². The van der Waals surface area contributed by atoms with E-state index in [0.29, 0.717) is 31.0 Å². The van der Waals surface area contributed by atoms with Crippen LogP contribution >= 0.6 is 11.6 Å². The van der Waals surface area contributed by atoms with Crippen molar-refractivity contribution in [1.29, 1.82) is 0 Å². The molecule has 0 bridgehead atoms. The summed E-state index contributed by atoms with van der Waals surface area (Å²) in [6.07, 6.45) is 10.3. The van der Waals surface area contributed by atoms with Gasteiger partial charge in [-0.1, -0.05) is 72.3 Å². The quantitative estimate of drug-likeness (QED) is 0.105. The minimum Gasteiger partial charge on any atom is -0.286 e. The van der Waals surface area contributed by atoms with Crippen molar-refractivity contribution in [1.82, 2.24) is 4.48 Å². The number of hydrogen-bond acceptors (Lipinski definition) is 4. The molecular formula is C43H45ClN2O6S2+2. The molecule has 2 N–H and O–H groups in total. The third kappa shape index (κ3) is 5.76. The van der Waals surface area contributed by atoms with E-state index >= 15 is 0 Å². The highest BCUT2D eigenvalue weighted by Crippen LogP contribution is 2.60. The number of rotatable bonds is 8. The SMILES string of the molecule is CC1(C)C(C=CC2=C(Cl)/C(=C/C=C3C(C)(C)c4c(ccc5ccccc45)[N+]34CCC4S(=O)(=O)O)CC2)=[N+](CCCS(=O)(=O)O)c2ccc3ccccc3c21. The van der Waals surface area contributed by atoms with Crippen LogP contribution in [-0.4, -0.2) is 60.4 Å². The lowest BCUT2D eigenvalue weighted by atomic mass is 9.79. The number of hydrogen-bond donors (Lipinski definition) is 2. The van der Waals surface area contributed by atoms with E-state index in [1.54, 1.807) is 0 Å². The first kappa shape index (κ1) is 37.0. The van der Waals surface area contributed by atoms with Gasteiger partial charge in [0.1, 0.15) is 17.9 Å². The predicted octanol–water partition coefficient (Wildman–Crippen LogP) is 9.22. The summed E-state index contributed by atoms with van der Waals surface area (Å²) in [5, 5.41) is 4.11. The molecule has 4 aromatic rings. The third-order valence-electron chi connectivity index (χ3n) is 12.2. The van der Waals surface area contributed by atoms with Crippen molar-refractivity contribution < 1.29 is 30.5 Å². The van der Waals surface area contributed by atoms with Crippen molar-refractivity contribution in [3.8, 4) is 0 Å². The molecule has 0 saturated carbocycles. The van der Waals surface area contributed by atoms with Gasteiger partial charge in [0.15, 0.2) is 5.71 Å². The molecule has 2 unspecified atom stereocenters. The van der Waals surface area contributed by atoms with Crippen molar-refractivity contribution in [3.05, 3.63) is 130 Å². The summed E-state index contributed by atoms with van der Waals surface area (Å²) in [6.45, 7) is 9.62. The highest BCUT2D eigenvalue weighted by Gasteiger charge is 2.66. The first-order valence-electron chi connectivity index (χ1n) is 18.4. The van der Waals surface area contributed by atoms with Crippen LogP contribution in [0.3, 0.4) is 0 Å². The number of fused-ring (bicyclic) bond motifs is 7. The van der Waals surface area contributed by atoms with Crippen LogP contribution in [0.2, 0.25) is 0 Å². The van der Waals surface area contributed by atoms with Crippen LogP contribution < -0.4 is 4.48 Å². The number of halogens is 1. The molecule has 8 nitrogen and oxygen atoms in total. The van der Waals surface area contributed by atoms with Gasteiger partial charge in [-0.2, -0.15) is 21.4 Å². The zero-order valence-corrected chi connectivity index (χ0v) is 33.3. The molecule has 1 fully saturated rings. The van der Waals surface area contributed by atoms with E-state index in [9.17, 15) is 25.9 Å². The van der Waals surface area contributed by atoms with Gasteiger partial charge >= 0.3 is 10.1 Å². The molecule has 3 aliphatic heterocycles. The molecule has 8 rings (SSSR count). The van der Waals surface area contributed by atoms with Crippen LogP contribution in [0.15, 0.2) is 119 Å². The molecule has 4 aromatic carbocycles. The van der Waals surface area contributed by atoms with E-state index in [4.69, 9.17) is 11.6 Å². The molecule has 1 spiro atoms. The molecule has 1 saturated heterocycles. The summed E-state index contributed by atoms with van der Waals surface area (Å²) in [5.74, 6) is -0.326. The standard InChI is InChI=1S/C43H43ClN2O6S2/c1-42(2)36(45(25-9-27-53(47,48)49)34-20-16-28-10-5-7-12-32(28)39(34)42)22-18-30-14-15-31(41(30)44)19-23-37-43(3,4)40-33-13-8-6-11-29(33)17-21-35(40)46(37)26-24-38(46)54(50,51)52/h5-8,10-13,16-23,38H,9,14-15,24-27H2,1-4H3/p+2/b22-18?,31-19+,37-23?. The van der Waals surface area contributed by atoms with Gasteiger partial charge in [-0.05, 0) is 91.4 Å². The fourth-order valence-electron chi connectivity index (χ4n) is 9.82. The van der Waals surface area contributed by atoms with Crippen LogP contribution in [0.4, 0.5) is 11.4 Å². The molecule has 11 heteroatoms. The fourth-order valence-corrected chi connectivity index (χ4v) is 11.8. The average molecular weight is 785 g/mol. The monoisotopic (exact) mass is 784 g/mol. The van der Waals surface area contributed by atoms with Gasteiger partial charge in [0, 0.05) is 40.8 Å². The van der Waals surface area contributed by atoms with Crippen LogP contribution in [0.25, 0.3) is 21.5 Å². The third-order valence-corrected chi connectivity index (χ3v) is 14.8. The van der Waals surface area contributed by atoms with Crippen molar-refractivity contribution >= 4 is 70.5 Å². The first-order chi connectivity index (χ1) is 25.5. The van der Waals surface area contributed by atoms with Gasteiger partial charge < -0.3 is 0 Å². The first-order valence-corrected chi connectivity index (χ1v) is 21.9. The molecule has 0 amide bonds. The van der Waals surface area contributed by atoms with E-state index in [-0.39, 0.29) is 16.7 Å². The Morgan fingerprint density at radius 3 is 2.09 bits per heavy atom. The van der Waals surface area contributed by atoms with E-state index in [0.717, 1.165) is 67.5 Å². The topological polar surface area (TPSA) is 112 Å². The molecular weight excluding hydrogens is 740 g/mol. The molecule has 4 aliphatic rings. The summed E-state index contributed by atoms with van der Waals surface area (Å²) in [4.78, 5) is 0. The number of allylic oxidation sites excluding steroid dienone is 8. The largest absolute Gasteiger partial charge is 0.320 e. The van der Waals surface area contributed by atoms with Gasteiger partial charge in [0.25, 0.3) is 10.1 Å². The van der Waals surface area contributed by atoms with Crippen LogP contribution in [0.1, 0.15) is 64.5 Å². The lowest BCUT2D eigenvalue weighted by Crippen LogP contribution is -2.68. The van der Waals surface area contributed by atoms with Crippen LogP contribution in [0, 0.1) is 0 Å². The fraction of sp³-hybridized carbons (Fsp3) is 0.326. The Hall–Kier alpha value is -3.90. The summed E-state index contributed by atoms with van der Waals surface area (Å²) >= 11 is 7.15. The second-order valence-electron chi connectivity index (χ2n) is 16.1. The summed E-state index contributed by atoms with van der Waals surface area (Å²) < 4.78 is 71.2. The molecule has 280 valence electrons. The Morgan fingerprint density at radius 2 is 1.46 bits per heavy atom. The number of nitrogens with zero attached hydrogens (tertiary/aromatic N) is 2. The van der Waals surface area contributed by atoms with Crippen molar-refractivity contribution in [2.45, 2.75) is 69.6 Å².